The molecule has 21 heavy (non-hydrogen) atoms. The number of aromatic amines is 1. The fraction of sp³-hybridized carbons (Fsp3) is 0.615. The van der Waals surface area contributed by atoms with E-state index in [0.29, 0.717) is 0 Å². The molecule has 1 amide bonds. The van der Waals surface area contributed by atoms with Crippen molar-refractivity contribution in [2.24, 2.45) is 0 Å². The van der Waals surface area contributed by atoms with Crippen LogP contribution in [-0.2, 0) is 10.0 Å². The van der Waals surface area contributed by atoms with Crippen molar-refractivity contribution in [2.45, 2.75) is 43.7 Å². The van der Waals surface area contributed by atoms with Crippen LogP contribution in [0.3, 0.4) is 0 Å². The molecule has 0 unspecified atom stereocenters. The zero-order valence-corrected chi connectivity index (χ0v) is 13.1. The van der Waals surface area contributed by atoms with Gasteiger partial charge in [-0.25, -0.2) is 13.1 Å². The summed E-state index contributed by atoms with van der Waals surface area (Å²) in [6, 6.07) is 1.25. The summed E-state index contributed by atoms with van der Waals surface area (Å²) in [7, 11) is -3.58. The van der Waals surface area contributed by atoms with Gasteiger partial charge < -0.3 is 15.6 Å². The number of rotatable bonds is 5. The second-order valence-corrected chi connectivity index (χ2v) is 7.26. The zero-order valence-electron chi connectivity index (χ0n) is 12.3. The van der Waals surface area contributed by atoms with Crippen molar-refractivity contribution in [3.05, 3.63) is 18.0 Å². The second-order valence-electron chi connectivity index (χ2n) is 5.54. The van der Waals surface area contributed by atoms with E-state index in [4.69, 9.17) is 0 Å². The fourth-order valence-electron chi connectivity index (χ4n) is 2.28. The molecule has 2 rings (SSSR count). The molecule has 0 spiro atoms. The maximum Gasteiger partial charge on any atom is 0.267 e. The molecule has 7 nitrogen and oxygen atoms in total. The molecular weight excluding hydrogens is 292 g/mol. The van der Waals surface area contributed by atoms with E-state index in [0.717, 1.165) is 25.9 Å². The Morgan fingerprint density at radius 3 is 2.81 bits per heavy atom. The molecule has 118 valence electrons. The number of hydrogen-bond acceptors (Lipinski definition) is 4. The van der Waals surface area contributed by atoms with E-state index in [1.807, 2.05) is 0 Å². The Kier molecular flexibility index (Phi) is 5.02. The molecule has 4 N–H and O–H groups in total. The first-order chi connectivity index (χ1) is 9.88. The summed E-state index contributed by atoms with van der Waals surface area (Å²) in [5, 5.41) is 6.10. The number of nitrogens with one attached hydrogen (secondary N) is 4. The Hall–Kier alpha value is -1.38. The van der Waals surface area contributed by atoms with Gasteiger partial charge in [0, 0.05) is 24.8 Å². The summed E-state index contributed by atoms with van der Waals surface area (Å²) in [4.78, 5) is 14.9. The van der Waals surface area contributed by atoms with Gasteiger partial charge in [-0.15, -0.1) is 0 Å². The SMILES string of the molecule is CC(C)NS(=O)(=O)c1c[nH]c(C(=O)N[C@H]2CCCNC2)c1. The molecule has 0 saturated carbocycles. The summed E-state index contributed by atoms with van der Waals surface area (Å²) in [5.74, 6) is -0.283. The van der Waals surface area contributed by atoms with Gasteiger partial charge in [0.2, 0.25) is 10.0 Å². The Bertz CT molecular complexity index is 588. The highest BCUT2D eigenvalue weighted by Gasteiger charge is 2.21. The van der Waals surface area contributed by atoms with E-state index in [9.17, 15) is 13.2 Å². The molecule has 1 aliphatic rings. The molecule has 1 saturated heterocycles. The highest BCUT2D eigenvalue weighted by atomic mass is 32.2. The van der Waals surface area contributed by atoms with Gasteiger partial charge in [-0.1, -0.05) is 0 Å². The predicted molar refractivity (Wildman–Crippen MR) is 79.6 cm³/mol. The van der Waals surface area contributed by atoms with E-state index in [1.54, 1.807) is 13.8 Å². The number of carbonyl (C=O) groups is 1. The molecule has 0 bridgehead atoms. The van der Waals surface area contributed by atoms with Gasteiger partial charge in [0.05, 0.1) is 0 Å². The molecule has 1 aromatic heterocycles. The minimum Gasteiger partial charge on any atom is -0.356 e. The minimum atomic E-state index is -3.58. The van der Waals surface area contributed by atoms with Crippen LogP contribution in [0, 0.1) is 0 Å². The first kappa shape index (κ1) is 16.0. The Labute approximate surface area is 124 Å². The molecule has 1 atom stereocenters. The predicted octanol–water partition coefficient (Wildman–Crippen LogP) is 0.183. The summed E-state index contributed by atoms with van der Waals surface area (Å²) < 4.78 is 26.5. The largest absolute Gasteiger partial charge is 0.356 e. The van der Waals surface area contributed by atoms with E-state index < -0.39 is 10.0 Å². The number of piperidine rings is 1. The van der Waals surface area contributed by atoms with Gasteiger partial charge in [-0.3, -0.25) is 4.79 Å². The lowest BCUT2D eigenvalue weighted by molar-refractivity contribution is 0.0926. The summed E-state index contributed by atoms with van der Waals surface area (Å²) >= 11 is 0. The van der Waals surface area contributed by atoms with Crippen molar-refractivity contribution in [3.8, 4) is 0 Å². The van der Waals surface area contributed by atoms with Crippen LogP contribution < -0.4 is 15.4 Å². The third kappa shape index (κ3) is 4.29. The van der Waals surface area contributed by atoms with Gasteiger partial charge in [0.15, 0.2) is 0 Å². The zero-order chi connectivity index (χ0) is 15.5. The molecule has 8 heteroatoms. The number of H-pyrrole nitrogens is 1. The van der Waals surface area contributed by atoms with Crippen LogP contribution in [0.15, 0.2) is 17.2 Å². The molecule has 0 radical (unpaired) electrons. The van der Waals surface area contributed by atoms with Crippen molar-refractivity contribution < 1.29 is 13.2 Å². The topological polar surface area (TPSA) is 103 Å². The van der Waals surface area contributed by atoms with Gasteiger partial charge in [0.25, 0.3) is 5.91 Å². The first-order valence-electron chi connectivity index (χ1n) is 7.11. The Balaban J connectivity index is 2.03. The van der Waals surface area contributed by atoms with Crippen LogP contribution in [0.25, 0.3) is 0 Å². The fourth-order valence-corrected chi connectivity index (χ4v) is 3.52. The lowest BCUT2D eigenvalue weighted by Gasteiger charge is -2.23. The second kappa shape index (κ2) is 6.59. The molecule has 0 aliphatic carbocycles. The van der Waals surface area contributed by atoms with Crippen LogP contribution in [0.1, 0.15) is 37.2 Å². The van der Waals surface area contributed by atoms with Crippen molar-refractivity contribution in [3.63, 3.8) is 0 Å². The maximum atomic E-state index is 12.1. The third-order valence-electron chi connectivity index (χ3n) is 3.23. The molecule has 2 heterocycles. The molecule has 1 fully saturated rings. The average molecular weight is 314 g/mol. The van der Waals surface area contributed by atoms with Crippen LogP contribution in [-0.4, -0.2) is 44.5 Å². The van der Waals surface area contributed by atoms with E-state index in [1.165, 1.54) is 12.3 Å². The average Bonchev–Trinajstić information content (AvgIpc) is 2.88. The smallest absolute Gasteiger partial charge is 0.267 e. The number of carbonyl (C=O) groups excluding carboxylic acids is 1. The van der Waals surface area contributed by atoms with Gasteiger partial charge in [-0.2, -0.15) is 0 Å². The highest BCUT2D eigenvalue weighted by Crippen LogP contribution is 2.12. The maximum absolute atomic E-state index is 12.1. The number of amides is 1. The standard InChI is InChI=1S/C13H22N4O3S/c1-9(2)17-21(19,20)11-6-12(15-8-11)13(18)16-10-4-3-5-14-7-10/h6,8-10,14-15,17H,3-5,7H2,1-2H3,(H,16,18)/t10-/m0/s1. The number of aromatic nitrogens is 1. The van der Waals surface area contributed by atoms with E-state index in [2.05, 4.69) is 20.3 Å². The van der Waals surface area contributed by atoms with Gasteiger partial charge in [0.1, 0.15) is 10.6 Å². The summed E-state index contributed by atoms with van der Waals surface area (Å²) in [6.45, 7) is 5.20. The highest BCUT2D eigenvalue weighted by molar-refractivity contribution is 7.89. The van der Waals surface area contributed by atoms with Gasteiger partial charge >= 0.3 is 0 Å². The minimum absolute atomic E-state index is 0.0723. The van der Waals surface area contributed by atoms with Crippen molar-refractivity contribution in [2.75, 3.05) is 13.1 Å². The number of hydrogen-bond donors (Lipinski definition) is 4. The Morgan fingerprint density at radius 1 is 1.43 bits per heavy atom. The van der Waals surface area contributed by atoms with Crippen LogP contribution in [0.5, 0.6) is 0 Å². The van der Waals surface area contributed by atoms with Crippen LogP contribution >= 0.6 is 0 Å². The number of sulfonamides is 1. The molecule has 1 aliphatic heterocycles. The lowest BCUT2D eigenvalue weighted by Crippen LogP contribution is -2.45. The van der Waals surface area contributed by atoms with Gasteiger partial charge in [-0.05, 0) is 39.3 Å². The lowest BCUT2D eigenvalue weighted by atomic mass is 10.1. The quantitative estimate of drug-likeness (QED) is 0.622. The monoisotopic (exact) mass is 314 g/mol. The van der Waals surface area contributed by atoms with Crippen LogP contribution in [0.4, 0.5) is 0 Å². The summed E-state index contributed by atoms with van der Waals surface area (Å²) in [5.41, 5.74) is 0.254. The third-order valence-corrected chi connectivity index (χ3v) is 4.87. The summed E-state index contributed by atoms with van der Waals surface area (Å²) in [6.07, 6.45) is 3.28. The first-order valence-corrected chi connectivity index (χ1v) is 8.59. The molecular formula is C13H22N4O3S. The molecule has 0 aromatic carbocycles. The Morgan fingerprint density at radius 2 is 2.19 bits per heavy atom. The normalized spacial score (nSPS) is 19.7. The van der Waals surface area contributed by atoms with Crippen molar-refractivity contribution >= 4 is 15.9 Å². The van der Waals surface area contributed by atoms with E-state index >= 15 is 0 Å². The van der Waals surface area contributed by atoms with Crippen molar-refractivity contribution in [1.29, 1.82) is 0 Å². The van der Waals surface area contributed by atoms with Crippen LogP contribution in [0.2, 0.25) is 0 Å². The van der Waals surface area contributed by atoms with Crippen molar-refractivity contribution in [1.82, 2.24) is 20.3 Å². The molecule has 1 aromatic rings. The van der Waals surface area contributed by atoms with E-state index in [-0.39, 0.29) is 28.6 Å².